The Morgan fingerprint density at radius 2 is 1.67 bits per heavy atom. The molecule has 1 rings (SSSR count). The van der Waals surface area contributed by atoms with E-state index in [9.17, 15) is 14.7 Å². The third kappa shape index (κ3) is 7.37. The second kappa shape index (κ2) is 8.13. The first-order valence-electron chi connectivity index (χ1n) is 5.68. The molecule has 0 bridgehead atoms. The van der Waals surface area contributed by atoms with Gasteiger partial charge >= 0.3 is 75.0 Å². The predicted octanol–water partition coefficient (Wildman–Crippen LogP) is -3.71. The zero-order valence-corrected chi connectivity index (χ0v) is 17.8. The van der Waals surface area contributed by atoms with Crippen LogP contribution in [0.4, 0.5) is 4.79 Å². The number of hydrogen-bond acceptors (Lipinski definition) is 5. The fourth-order valence-corrected chi connectivity index (χ4v) is 1.60. The smallest absolute Gasteiger partial charge is 0.549 e. The van der Waals surface area contributed by atoms with Gasteiger partial charge in [0.25, 0.3) is 0 Å². The third-order valence-electron chi connectivity index (χ3n) is 2.38. The van der Waals surface area contributed by atoms with Crippen molar-refractivity contribution in [3.8, 4) is 0 Å². The number of ether oxygens (including phenoxy) is 1. The second-order valence-corrected chi connectivity index (χ2v) is 5.12. The molecule has 1 heterocycles. The van der Waals surface area contributed by atoms with E-state index in [0.29, 0.717) is 26.2 Å². The standard InChI is InChI=1S/C11H20N2O4.Cs/c1-11(2,3)17-10(16)13-6-4-12(5-7-13)8-9(14)15;/h4-8H2,1-3H3,(H,14,15);/q;+1/p-1. The number of piperazine rings is 1. The minimum atomic E-state index is -1.09. The van der Waals surface area contributed by atoms with E-state index < -0.39 is 11.6 Å². The molecular weight excluding hydrogens is 357 g/mol. The molecule has 0 atom stereocenters. The SMILES string of the molecule is CC(C)(C)OC(=O)N1CCN(CC(=O)[O-])CC1.[Cs+]. The number of hydrogen-bond donors (Lipinski definition) is 0. The van der Waals surface area contributed by atoms with E-state index in [1.807, 2.05) is 20.8 Å². The van der Waals surface area contributed by atoms with Crippen LogP contribution in [0.25, 0.3) is 0 Å². The zero-order chi connectivity index (χ0) is 13.1. The molecule has 0 spiro atoms. The summed E-state index contributed by atoms with van der Waals surface area (Å²) >= 11 is 0. The largest absolute Gasteiger partial charge is 1.00 e. The number of aliphatic carboxylic acids is 1. The van der Waals surface area contributed by atoms with Crippen LogP contribution >= 0.6 is 0 Å². The molecule has 6 nitrogen and oxygen atoms in total. The molecule has 7 heteroatoms. The van der Waals surface area contributed by atoms with Crippen molar-refractivity contribution in [2.24, 2.45) is 0 Å². The molecule has 1 saturated heterocycles. The van der Waals surface area contributed by atoms with Crippen molar-refractivity contribution in [2.45, 2.75) is 26.4 Å². The van der Waals surface area contributed by atoms with Crippen LogP contribution in [-0.2, 0) is 9.53 Å². The van der Waals surface area contributed by atoms with Crippen LogP contribution in [-0.4, -0.2) is 60.2 Å². The minimum absolute atomic E-state index is 0. The summed E-state index contributed by atoms with van der Waals surface area (Å²) in [6.45, 7) is 7.42. The number of carbonyl (C=O) groups excluding carboxylic acids is 2. The second-order valence-electron chi connectivity index (χ2n) is 5.12. The van der Waals surface area contributed by atoms with Crippen molar-refractivity contribution < 1.29 is 88.3 Å². The molecule has 0 aromatic carbocycles. The molecule has 0 aromatic rings. The van der Waals surface area contributed by atoms with E-state index in [-0.39, 0.29) is 81.5 Å². The molecule has 1 fully saturated rings. The fourth-order valence-electron chi connectivity index (χ4n) is 1.60. The van der Waals surface area contributed by atoms with Crippen LogP contribution < -0.4 is 74.0 Å². The van der Waals surface area contributed by atoms with Gasteiger partial charge in [-0.3, -0.25) is 4.90 Å². The van der Waals surface area contributed by atoms with Crippen LogP contribution in [0.1, 0.15) is 20.8 Å². The maximum Gasteiger partial charge on any atom is 1.00 e. The monoisotopic (exact) mass is 376 g/mol. The van der Waals surface area contributed by atoms with Crippen LogP contribution in [0.15, 0.2) is 0 Å². The molecule has 0 saturated carbocycles. The summed E-state index contributed by atoms with van der Waals surface area (Å²) in [4.78, 5) is 25.5. The van der Waals surface area contributed by atoms with Crippen LogP contribution in [0.3, 0.4) is 0 Å². The van der Waals surface area contributed by atoms with E-state index >= 15 is 0 Å². The average molecular weight is 376 g/mol. The average Bonchev–Trinajstić information content (AvgIpc) is 2.15. The van der Waals surface area contributed by atoms with Gasteiger partial charge in [0.05, 0.1) is 5.97 Å². The Balaban J connectivity index is 0.00000289. The summed E-state index contributed by atoms with van der Waals surface area (Å²) in [6, 6.07) is 0. The summed E-state index contributed by atoms with van der Waals surface area (Å²) in [5, 5.41) is 10.4. The van der Waals surface area contributed by atoms with Gasteiger partial charge in [-0.05, 0) is 20.8 Å². The normalized spacial score (nSPS) is 16.9. The molecule has 1 amide bonds. The van der Waals surface area contributed by atoms with Gasteiger partial charge in [0.15, 0.2) is 0 Å². The van der Waals surface area contributed by atoms with Gasteiger partial charge in [0.2, 0.25) is 0 Å². The van der Waals surface area contributed by atoms with Crippen LogP contribution in [0, 0.1) is 0 Å². The molecule has 0 aromatic heterocycles. The topological polar surface area (TPSA) is 72.9 Å². The molecule has 0 N–H and O–H groups in total. The van der Waals surface area contributed by atoms with Gasteiger partial charge in [-0.1, -0.05) is 0 Å². The van der Waals surface area contributed by atoms with Crippen LogP contribution in [0.5, 0.6) is 0 Å². The summed E-state index contributed by atoms with van der Waals surface area (Å²) in [5.74, 6) is -1.09. The maximum absolute atomic E-state index is 11.7. The van der Waals surface area contributed by atoms with Gasteiger partial charge in [-0.2, -0.15) is 0 Å². The maximum atomic E-state index is 11.7. The van der Waals surface area contributed by atoms with Gasteiger partial charge in [0.1, 0.15) is 5.60 Å². The minimum Gasteiger partial charge on any atom is -0.549 e. The van der Waals surface area contributed by atoms with Gasteiger partial charge in [0, 0.05) is 32.7 Å². The van der Waals surface area contributed by atoms with Crippen molar-refractivity contribution in [1.29, 1.82) is 0 Å². The van der Waals surface area contributed by atoms with Crippen LogP contribution in [0.2, 0.25) is 0 Å². The molecular formula is C11H19CsN2O4. The van der Waals surface area contributed by atoms with E-state index in [2.05, 4.69) is 0 Å². The summed E-state index contributed by atoms with van der Waals surface area (Å²) < 4.78 is 5.23. The van der Waals surface area contributed by atoms with E-state index in [1.165, 1.54) is 0 Å². The van der Waals surface area contributed by atoms with Crippen molar-refractivity contribution in [3.05, 3.63) is 0 Å². The first kappa shape index (κ1) is 18.8. The Hall–Kier alpha value is 0.752. The summed E-state index contributed by atoms with van der Waals surface area (Å²) in [7, 11) is 0. The predicted molar refractivity (Wildman–Crippen MR) is 59.3 cm³/mol. The first-order valence-corrected chi connectivity index (χ1v) is 5.68. The zero-order valence-electron chi connectivity index (χ0n) is 11.6. The van der Waals surface area contributed by atoms with E-state index in [1.54, 1.807) is 9.80 Å². The Bertz CT molecular complexity index is 296. The Labute approximate surface area is 166 Å². The number of nitrogens with zero attached hydrogens (tertiary/aromatic N) is 2. The quantitative estimate of drug-likeness (QED) is 0.496. The van der Waals surface area contributed by atoms with Crippen molar-refractivity contribution >= 4 is 12.1 Å². The van der Waals surface area contributed by atoms with Gasteiger partial charge in [-0.25, -0.2) is 4.79 Å². The Morgan fingerprint density at radius 1 is 1.17 bits per heavy atom. The van der Waals surface area contributed by atoms with Crippen molar-refractivity contribution in [3.63, 3.8) is 0 Å². The molecule has 0 aliphatic carbocycles. The number of carbonyl (C=O) groups is 2. The Kier molecular flexibility index (Phi) is 8.47. The van der Waals surface area contributed by atoms with Crippen molar-refractivity contribution in [2.75, 3.05) is 32.7 Å². The molecule has 1 aliphatic heterocycles. The van der Waals surface area contributed by atoms with E-state index in [0.717, 1.165) is 0 Å². The first-order chi connectivity index (χ1) is 7.78. The fraction of sp³-hybridized carbons (Fsp3) is 0.818. The summed E-state index contributed by atoms with van der Waals surface area (Å²) in [5.41, 5.74) is -0.501. The summed E-state index contributed by atoms with van der Waals surface area (Å²) in [6.07, 6.45) is -0.342. The number of rotatable bonds is 2. The number of carboxylic acid groups (broad SMARTS) is 1. The van der Waals surface area contributed by atoms with E-state index in [4.69, 9.17) is 4.74 Å². The molecule has 0 radical (unpaired) electrons. The third-order valence-corrected chi connectivity index (χ3v) is 2.38. The number of carboxylic acids is 1. The molecule has 1 aliphatic rings. The molecule has 0 unspecified atom stereocenters. The molecule has 18 heavy (non-hydrogen) atoms. The number of amides is 1. The van der Waals surface area contributed by atoms with Gasteiger partial charge < -0.3 is 19.5 Å². The van der Waals surface area contributed by atoms with Gasteiger partial charge in [-0.15, -0.1) is 0 Å². The molecule has 98 valence electrons. The van der Waals surface area contributed by atoms with Crippen molar-refractivity contribution in [1.82, 2.24) is 9.80 Å². The Morgan fingerprint density at radius 3 is 2.06 bits per heavy atom.